The van der Waals surface area contributed by atoms with Crippen molar-refractivity contribution in [2.75, 3.05) is 27.2 Å². The molecule has 6 heteroatoms. The number of hydrogen-bond donors (Lipinski definition) is 1. The zero-order valence-electron chi connectivity index (χ0n) is 18.3. The maximum Gasteiger partial charge on any atom is 0.246 e. The smallest absolute Gasteiger partial charge is 0.246 e. The molecule has 0 spiro atoms. The Balaban J connectivity index is 1.61. The molecule has 4 rings (SSSR count). The lowest BCUT2D eigenvalue weighted by atomic mass is 10.0. The summed E-state index contributed by atoms with van der Waals surface area (Å²) in [6, 6.07) is 17.1. The molecule has 2 aliphatic rings. The van der Waals surface area contributed by atoms with Crippen LogP contribution in [0.15, 0.2) is 54.6 Å². The van der Waals surface area contributed by atoms with Gasteiger partial charge in [0.25, 0.3) is 0 Å². The largest absolute Gasteiger partial charge is 0.491 e. The third-order valence-electron chi connectivity index (χ3n) is 5.89. The zero-order valence-corrected chi connectivity index (χ0v) is 18.3. The summed E-state index contributed by atoms with van der Waals surface area (Å²) in [5, 5.41) is 3.06. The van der Waals surface area contributed by atoms with E-state index in [1.165, 1.54) is 0 Å². The van der Waals surface area contributed by atoms with Gasteiger partial charge in [-0.1, -0.05) is 48.5 Å². The number of carbonyl (C=O) groups is 2. The summed E-state index contributed by atoms with van der Waals surface area (Å²) >= 11 is 0. The van der Waals surface area contributed by atoms with E-state index in [1.54, 1.807) is 0 Å². The first-order chi connectivity index (χ1) is 15.0. The molecule has 0 unspecified atom stereocenters. The highest BCUT2D eigenvalue weighted by Crippen LogP contribution is 2.30. The maximum absolute atomic E-state index is 13.9. The van der Waals surface area contributed by atoms with E-state index in [2.05, 4.69) is 10.2 Å². The van der Waals surface area contributed by atoms with Crippen molar-refractivity contribution in [1.29, 1.82) is 0 Å². The molecule has 1 aliphatic carbocycles. The average molecular weight is 422 g/mol. The van der Waals surface area contributed by atoms with Crippen molar-refractivity contribution in [3.05, 3.63) is 65.7 Å². The Morgan fingerprint density at radius 3 is 2.52 bits per heavy atom. The van der Waals surface area contributed by atoms with E-state index in [0.29, 0.717) is 26.1 Å². The van der Waals surface area contributed by atoms with E-state index in [9.17, 15) is 9.59 Å². The fraction of sp³-hybridized carbons (Fsp3) is 0.440. The van der Waals surface area contributed by atoms with E-state index in [1.807, 2.05) is 73.6 Å². The molecule has 164 valence electrons. The number of likely N-dealkylation sites (N-methyl/N-ethyl adjacent to an activating group) is 1. The number of carbonyl (C=O) groups excluding carboxylic acids is 2. The van der Waals surface area contributed by atoms with Crippen LogP contribution in [0.4, 0.5) is 0 Å². The Kier molecular flexibility index (Phi) is 6.56. The van der Waals surface area contributed by atoms with Gasteiger partial charge in [0.15, 0.2) is 0 Å². The van der Waals surface area contributed by atoms with Crippen LogP contribution in [0, 0.1) is 5.92 Å². The second-order valence-corrected chi connectivity index (χ2v) is 8.83. The first-order valence-corrected chi connectivity index (χ1v) is 11.0. The topological polar surface area (TPSA) is 61.9 Å². The highest BCUT2D eigenvalue weighted by atomic mass is 16.5. The van der Waals surface area contributed by atoms with E-state index in [4.69, 9.17) is 4.74 Å². The van der Waals surface area contributed by atoms with Crippen molar-refractivity contribution >= 4 is 11.8 Å². The molecule has 1 heterocycles. The third-order valence-corrected chi connectivity index (χ3v) is 5.89. The minimum Gasteiger partial charge on any atom is -0.491 e. The lowest BCUT2D eigenvalue weighted by Crippen LogP contribution is -2.55. The molecule has 1 saturated carbocycles. The molecule has 1 N–H and O–H groups in total. The Labute approximate surface area is 184 Å². The van der Waals surface area contributed by atoms with Gasteiger partial charge in [0.05, 0.1) is 6.04 Å². The molecule has 0 bridgehead atoms. The van der Waals surface area contributed by atoms with Crippen LogP contribution < -0.4 is 10.1 Å². The molecule has 0 aromatic heterocycles. The van der Waals surface area contributed by atoms with Gasteiger partial charge in [-0.2, -0.15) is 0 Å². The molecule has 31 heavy (non-hydrogen) atoms. The molecular weight excluding hydrogens is 390 g/mol. The minimum atomic E-state index is -0.592. The van der Waals surface area contributed by atoms with Crippen molar-refractivity contribution < 1.29 is 14.3 Å². The molecule has 1 aliphatic heterocycles. The normalized spacial score (nSPS) is 19.2. The molecule has 0 radical (unpaired) electrons. The van der Waals surface area contributed by atoms with Crippen LogP contribution >= 0.6 is 0 Å². The van der Waals surface area contributed by atoms with Gasteiger partial charge in [-0.15, -0.1) is 0 Å². The number of nitrogens with one attached hydrogen (secondary N) is 1. The average Bonchev–Trinajstić information content (AvgIpc) is 3.61. The number of nitrogens with zero attached hydrogens (tertiary/aromatic N) is 2. The van der Waals surface area contributed by atoms with Gasteiger partial charge in [0, 0.05) is 31.0 Å². The van der Waals surface area contributed by atoms with E-state index >= 15 is 0 Å². The molecular formula is C25H31N3O3. The molecule has 2 atom stereocenters. The first-order valence-electron chi connectivity index (χ1n) is 11.0. The molecule has 2 aromatic rings. The lowest BCUT2D eigenvalue weighted by molar-refractivity contribution is -0.140. The number of benzene rings is 2. The van der Waals surface area contributed by atoms with Gasteiger partial charge in [-0.25, -0.2) is 0 Å². The Hall–Kier alpha value is -2.86. The quantitative estimate of drug-likeness (QED) is 0.746. The summed E-state index contributed by atoms with van der Waals surface area (Å²) in [5.41, 5.74) is 2.02. The van der Waals surface area contributed by atoms with Crippen LogP contribution in [0.2, 0.25) is 0 Å². The summed E-state index contributed by atoms with van der Waals surface area (Å²) in [6.45, 7) is 1.59. The van der Waals surface area contributed by atoms with E-state index < -0.39 is 6.04 Å². The molecule has 2 aromatic carbocycles. The Morgan fingerprint density at radius 2 is 1.81 bits per heavy atom. The van der Waals surface area contributed by atoms with Gasteiger partial charge in [-0.05, 0) is 38.6 Å². The summed E-state index contributed by atoms with van der Waals surface area (Å²) < 4.78 is 6.06. The summed E-state index contributed by atoms with van der Waals surface area (Å²) in [6.07, 6.45) is 2.30. The third kappa shape index (κ3) is 5.44. The van der Waals surface area contributed by atoms with Crippen LogP contribution in [-0.2, 0) is 22.6 Å². The molecule has 2 amide bonds. The monoisotopic (exact) mass is 421 g/mol. The number of amides is 2. The summed E-state index contributed by atoms with van der Waals surface area (Å²) in [4.78, 5) is 30.4. The predicted octanol–water partition coefficient (Wildman–Crippen LogP) is 2.48. The van der Waals surface area contributed by atoms with Crippen LogP contribution in [0.25, 0.3) is 0 Å². The summed E-state index contributed by atoms with van der Waals surface area (Å²) in [5.74, 6) is 0.815. The van der Waals surface area contributed by atoms with Crippen molar-refractivity contribution in [3.63, 3.8) is 0 Å². The van der Waals surface area contributed by atoms with Crippen molar-refractivity contribution in [1.82, 2.24) is 15.1 Å². The van der Waals surface area contributed by atoms with Crippen LogP contribution in [0.1, 0.15) is 24.0 Å². The fourth-order valence-corrected chi connectivity index (χ4v) is 4.08. The van der Waals surface area contributed by atoms with E-state index in [0.717, 1.165) is 29.7 Å². The number of rotatable bonds is 7. The number of ether oxygens (including phenoxy) is 1. The van der Waals surface area contributed by atoms with Gasteiger partial charge in [-0.3, -0.25) is 9.59 Å². The van der Waals surface area contributed by atoms with Crippen molar-refractivity contribution in [2.45, 2.75) is 37.9 Å². The SMILES string of the molecule is CN(C)C[C@H]1COc2ccccc2CN1C(=O)[C@H](Cc1ccccc1)NC(=O)C1CC1. The first kappa shape index (κ1) is 21.4. The predicted molar refractivity (Wildman–Crippen MR) is 120 cm³/mol. The van der Waals surface area contributed by atoms with Crippen LogP contribution in [0.3, 0.4) is 0 Å². The Morgan fingerprint density at radius 1 is 1.10 bits per heavy atom. The lowest BCUT2D eigenvalue weighted by Gasteiger charge is -2.34. The number of para-hydroxylation sites is 1. The highest BCUT2D eigenvalue weighted by molar-refractivity contribution is 5.90. The van der Waals surface area contributed by atoms with Gasteiger partial charge in [0.2, 0.25) is 11.8 Å². The standard InChI is InChI=1S/C25H31N3O3/c1-27(2)16-21-17-31-23-11-7-6-10-20(23)15-28(21)25(30)22(26-24(29)19-12-13-19)14-18-8-4-3-5-9-18/h3-11,19,21-22H,12-17H2,1-2H3,(H,26,29)/t21-,22-/m0/s1. The highest BCUT2D eigenvalue weighted by Gasteiger charge is 2.37. The van der Waals surface area contributed by atoms with Gasteiger partial charge >= 0.3 is 0 Å². The number of fused-ring (bicyclic) bond motifs is 1. The zero-order chi connectivity index (χ0) is 21.8. The maximum atomic E-state index is 13.9. The second kappa shape index (κ2) is 9.52. The van der Waals surface area contributed by atoms with Crippen molar-refractivity contribution in [2.24, 2.45) is 5.92 Å². The molecule has 0 saturated heterocycles. The summed E-state index contributed by atoms with van der Waals surface area (Å²) in [7, 11) is 3.99. The van der Waals surface area contributed by atoms with Gasteiger partial charge < -0.3 is 19.9 Å². The van der Waals surface area contributed by atoms with Crippen molar-refractivity contribution in [3.8, 4) is 5.75 Å². The fourth-order valence-electron chi connectivity index (χ4n) is 4.08. The Bertz CT molecular complexity index is 911. The van der Waals surface area contributed by atoms with Crippen LogP contribution in [0.5, 0.6) is 5.75 Å². The number of hydrogen-bond acceptors (Lipinski definition) is 4. The van der Waals surface area contributed by atoms with Crippen LogP contribution in [-0.4, -0.2) is 60.9 Å². The molecule has 6 nitrogen and oxygen atoms in total. The van der Waals surface area contributed by atoms with E-state index in [-0.39, 0.29) is 23.8 Å². The minimum absolute atomic E-state index is 0.00934. The second-order valence-electron chi connectivity index (χ2n) is 8.83. The molecule has 1 fully saturated rings. The van der Waals surface area contributed by atoms with Gasteiger partial charge in [0.1, 0.15) is 18.4 Å².